The van der Waals surface area contributed by atoms with Crippen LogP contribution in [0.3, 0.4) is 0 Å². The van der Waals surface area contributed by atoms with Crippen LogP contribution in [0, 0.1) is 0 Å². The first kappa shape index (κ1) is 18.3. The monoisotopic (exact) mass is 358 g/mol. The summed E-state index contributed by atoms with van der Waals surface area (Å²) in [5.74, 6) is 0. The van der Waals surface area contributed by atoms with Gasteiger partial charge in [-0.15, -0.1) is 0 Å². The summed E-state index contributed by atoms with van der Waals surface area (Å²) in [4.78, 5) is 8.96. The number of hydrogen-bond acceptors (Lipinski definition) is 3. The summed E-state index contributed by atoms with van der Waals surface area (Å²) in [5, 5.41) is 4.41. The van der Waals surface area contributed by atoms with Crippen LogP contribution in [0.15, 0.2) is 36.2 Å². The summed E-state index contributed by atoms with van der Waals surface area (Å²) >= 11 is 5.64. The minimum atomic E-state index is 0.933. The van der Waals surface area contributed by atoms with Crippen LogP contribution in [0.25, 0.3) is 0 Å². The molecule has 1 aliphatic heterocycles. The largest absolute Gasteiger partial charge is 0.362 e. The Bertz CT molecular complexity index is 572. The highest BCUT2D eigenvalue weighted by molar-refractivity contribution is 7.80. The molecule has 1 fully saturated rings. The Hall–Kier alpha value is -1.46. The van der Waals surface area contributed by atoms with Gasteiger partial charge in [-0.25, -0.2) is 0 Å². The maximum absolute atomic E-state index is 5.64. The van der Waals surface area contributed by atoms with Gasteiger partial charge in [0.15, 0.2) is 5.11 Å². The molecule has 0 spiro atoms. The first-order valence-electron chi connectivity index (χ1n) is 9.63. The number of nitrogens with zero attached hydrogens (tertiary/aromatic N) is 3. The SMILES string of the molecule is S=C(NCCC1=CCCCC1)N1CCCN(Cc2ccncc2)CC1. The second-order valence-corrected chi connectivity index (χ2v) is 7.45. The molecule has 4 nitrogen and oxygen atoms in total. The van der Waals surface area contributed by atoms with Gasteiger partial charge in [0.1, 0.15) is 0 Å². The Morgan fingerprint density at radius 3 is 2.76 bits per heavy atom. The second-order valence-electron chi connectivity index (χ2n) is 7.06. The van der Waals surface area contributed by atoms with Gasteiger partial charge >= 0.3 is 0 Å². The van der Waals surface area contributed by atoms with Crippen molar-refractivity contribution >= 4 is 17.3 Å². The molecule has 0 unspecified atom stereocenters. The third-order valence-electron chi connectivity index (χ3n) is 5.14. The van der Waals surface area contributed by atoms with E-state index < -0.39 is 0 Å². The molecule has 136 valence electrons. The van der Waals surface area contributed by atoms with Gasteiger partial charge in [-0.2, -0.15) is 0 Å². The lowest BCUT2D eigenvalue weighted by Crippen LogP contribution is -2.42. The molecule has 1 aromatic heterocycles. The van der Waals surface area contributed by atoms with Crippen molar-refractivity contribution in [2.24, 2.45) is 0 Å². The van der Waals surface area contributed by atoms with Gasteiger partial charge in [-0.3, -0.25) is 9.88 Å². The maximum atomic E-state index is 5.64. The molecule has 0 bridgehead atoms. The highest BCUT2D eigenvalue weighted by Crippen LogP contribution is 2.19. The fourth-order valence-corrected chi connectivity index (χ4v) is 3.94. The third kappa shape index (κ3) is 6.08. The van der Waals surface area contributed by atoms with Crippen molar-refractivity contribution in [3.63, 3.8) is 0 Å². The molecule has 1 saturated heterocycles. The van der Waals surface area contributed by atoms with Crippen LogP contribution < -0.4 is 5.32 Å². The Morgan fingerprint density at radius 1 is 1.08 bits per heavy atom. The summed E-state index contributed by atoms with van der Waals surface area (Å²) in [6.07, 6.45) is 13.7. The van der Waals surface area contributed by atoms with Crippen molar-refractivity contribution in [2.45, 2.75) is 45.1 Å². The molecule has 2 aliphatic rings. The lowest BCUT2D eigenvalue weighted by atomic mass is 9.97. The normalized spacial score (nSPS) is 19.2. The molecule has 1 aliphatic carbocycles. The quantitative estimate of drug-likeness (QED) is 0.644. The number of allylic oxidation sites excluding steroid dienone is 1. The maximum Gasteiger partial charge on any atom is 0.168 e. The van der Waals surface area contributed by atoms with Crippen LogP contribution in [-0.4, -0.2) is 52.6 Å². The standard InChI is InChI=1S/C20H30N4S/c25-20(22-12-9-18-5-2-1-3-6-18)24-14-4-13-23(15-16-24)17-19-7-10-21-11-8-19/h5,7-8,10-11H,1-4,6,9,12-17H2,(H,22,25). The minimum absolute atomic E-state index is 0.933. The fraction of sp³-hybridized carbons (Fsp3) is 0.600. The highest BCUT2D eigenvalue weighted by atomic mass is 32.1. The van der Waals surface area contributed by atoms with Gasteiger partial charge in [-0.1, -0.05) is 11.6 Å². The van der Waals surface area contributed by atoms with Gasteiger partial charge in [-0.05, 0) is 68.4 Å². The summed E-state index contributed by atoms with van der Waals surface area (Å²) in [7, 11) is 0. The van der Waals surface area contributed by atoms with Gasteiger partial charge < -0.3 is 10.2 Å². The van der Waals surface area contributed by atoms with E-state index in [-0.39, 0.29) is 0 Å². The van der Waals surface area contributed by atoms with Crippen molar-refractivity contribution in [3.8, 4) is 0 Å². The number of nitrogens with one attached hydrogen (secondary N) is 1. The molecule has 2 heterocycles. The Balaban J connectivity index is 1.39. The molecule has 0 amide bonds. The minimum Gasteiger partial charge on any atom is -0.362 e. The molecular formula is C20H30N4S. The van der Waals surface area contributed by atoms with Crippen LogP contribution in [0.5, 0.6) is 0 Å². The van der Waals surface area contributed by atoms with Crippen LogP contribution in [0.4, 0.5) is 0 Å². The predicted molar refractivity (Wildman–Crippen MR) is 107 cm³/mol. The molecule has 0 atom stereocenters. The average molecular weight is 359 g/mol. The molecule has 0 aromatic carbocycles. The van der Waals surface area contributed by atoms with Crippen molar-refractivity contribution in [2.75, 3.05) is 32.7 Å². The van der Waals surface area contributed by atoms with E-state index >= 15 is 0 Å². The van der Waals surface area contributed by atoms with E-state index in [2.05, 4.69) is 38.3 Å². The molecule has 1 N–H and O–H groups in total. The van der Waals surface area contributed by atoms with Crippen molar-refractivity contribution in [1.29, 1.82) is 0 Å². The van der Waals surface area contributed by atoms with E-state index in [0.717, 1.165) is 57.2 Å². The molecule has 3 rings (SSSR count). The molecule has 5 heteroatoms. The predicted octanol–water partition coefficient (Wildman–Crippen LogP) is 3.35. The Kier molecular flexibility index (Phi) is 7.24. The topological polar surface area (TPSA) is 31.4 Å². The van der Waals surface area contributed by atoms with Crippen molar-refractivity contribution in [3.05, 3.63) is 41.7 Å². The summed E-state index contributed by atoms with van der Waals surface area (Å²) in [6, 6.07) is 4.21. The van der Waals surface area contributed by atoms with Crippen LogP contribution in [0.2, 0.25) is 0 Å². The van der Waals surface area contributed by atoms with E-state index in [9.17, 15) is 0 Å². The first-order valence-corrected chi connectivity index (χ1v) is 10.0. The van der Waals surface area contributed by atoms with E-state index in [4.69, 9.17) is 12.2 Å². The zero-order chi connectivity index (χ0) is 17.3. The fourth-order valence-electron chi connectivity index (χ4n) is 3.65. The zero-order valence-electron chi connectivity index (χ0n) is 15.1. The lowest BCUT2D eigenvalue weighted by molar-refractivity contribution is 0.277. The first-order chi connectivity index (χ1) is 12.3. The Morgan fingerprint density at radius 2 is 1.96 bits per heavy atom. The van der Waals surface area contributed by atoms with Gasteiger partial charge in [0.25, 0.3) is 0 Å². The van der Waals surface area contributed by atoms with E-state index in [1.165, 1.54) is 31.2 Å². The highest BCUT2D eigenvalue weighted by Gasteiger charge is 2.17. The van der Waals surface area contributed by atoms with Gasteiger partial charge in [0.05, 0.1) is 0 Å². The zero-order valence-corrected chi connectivity index (χ0v) is 15.9. The molecular weight excluding hydrogens is 328 g/mol. The number of hydrogen-bond donors (Lipinski definition) is 1. The molecule has 0 radical (unpaired) electrons. The van der Waals surface area contributed by atoms with Crippen LogP contribution in [0.1, 0.15) is 44.1 Å². The average Bonchev–Trinajstić information content (AvgIpc) is 2.89. The van der Waals surface area contributed by atoms with Crippen LogP contribution >= 0.6 is 12.2 Å². The van der Waals surface area contributed by atoms with Crippen LogP contribution in [-0.2, 0) is 6.54 Å². The second kappa shape index (κ2) is 9.88. The van der Waals surface area contributed by atoms with Crippen molar-refractivity contribution < 1.29 is 0 Å². The molecule has 1 aromatic rings. The number of thiocarbonyl (C=S) groups is 1. The smallest absolute Gasteiger partial charge is 0.168 e. The molecule has 0 saturated carbocycles. The number of pyridine rings is 1. The third-order valence-corrected chi connectivity index (χ3v) is 5.54. The Labute approximate surface area is 157 Å². The summed E-state index contributed by atoms with van der Waals surface area (Å²) in [6.45, 7) is 6.25. The summed E-state index contributed by atoms with van der Waals surface area (Å²) < 4.78 is 0. The van der Waals surface area contributed by atoms with E-state index in [0.29, 0.717) is 0 Å². The van der Waals surface area contributed by atoms with E-state index in [1.807, 2.05) is 12.4 Å². The van der Waals surface area contributed by atoms with Crippen molar-refractivity contribution in [1.82, 2.24) is 20.1 Å². The lowest BCUT2D eigenvalue weighted by Gasteiger charge is -2.25. The summed E-state index contributed by atoms with van der Waals surface area (Å²) in [5.41, 5.74) is 2.95. The van der Waals surface area contributed by atoms with Gasteiger partial charge in [0, 0.05) is 51.7 Å². The molecule has 25 heavy (non-hydrogen) atoms. The van der Waals surface area contributed by atoms with Gasteiger partial charge in [0.2, 0.25) is 0 Å². The number of aromatic nitrogens is 1. The number of rotatable bonds is 5. The van der Waals surface area contributed by atoms with E-state index in [1.54, 1.807) is 5.57 Å².